The highest BCUT2D eigenvalue weighted by molar-refractivity contribution is 5.96. The van der Waals surface area contributed by atoms with Gasteiger partial charge < -0.3 is 0 Å². The molecule has 1 aromatic carbocycles. The van der Waals surface area contributed by atoms with Crippen molar-refractivity contribution in [1.29, 1.82) is 0 Å². The fraction of sp³-hybridized carbons (Fsp3) is 0.182. The van der Waals surface area contributed by atoms with Crippen molar-refractivity contribution in [3.05, 3.63) is 47.8 Å². The van der Waals surface area contributed by atoms with E-state index in [0.717, 1.165) is 6.07 Å². The summed E-state index contributed by atoms with van der Waals surface area (Å²) in [5, 5.41) is 0. The molecule has 1 rings (SSSR count). The van der Waals surface area contributed by atoms with Gasteiger partial charge >= 0.3 is 6.18 Å². The van der Waals surface area contributed by atoms with E-state index in [4.69, 9.17) is 0 Å². The van der Waals surface area contributed by atoms with Gasteiger partial charge in [0.25, 0.3) is 0 Å². The van der Waals surface area contributed by atoms with Crippen LogP contribution in [-0.4, -0.2) is 5.78 Å². The average molecular weight is 232 g/mol. The molecule has 0 heterocycles. The predicted molar refractivity (Wildman–Crippen MR) is 50.5 cm³/mol. The third-order valence-corrected chi connectivity index (χ3v) is 1.93. The second kappa shape index (κ2) is 4.47. The van der Waals surface area contributed by atoms with Gasteiger partial charge in [-0.15, -0.1) is 6.58 Å². The zero-order valence-electron chi connectivity index (χ0n) is 8.14. The first kappa shape index (κ1) is 12.4. The SMILES string of the molecule is C=CCC(=O)c1ccc(C(F)(F)F)c(F)c1. The van der Waals surface area contributed by atoms with Crippen molar-refractivity contribution in [2.75, 3.05) is 0 Å². The number of ketones is 1. The van der Waals surface area contributed by atoms with E-state index in [1.165, 1.54) is 6.08 Å². The van der Waals surface area contributed by atoms with Gasteiger partial charge in [-0.2, -0.15) is 13.2 Å². The zero-order chi connectivity index (χ0) is 12.3. The molecule has 0 aromatic heterocycles. The highest BCUT2D eigenvalue weighted by Crippen LogP contribution is 2.31. The molecule has 0 unspecified atom stereocenters. The number of hydrogen-bond acceptors (Lipinski definition) is 1. The molecule has 0 aliphatic heterocycles. The fourth-order valence-electron chi connectivity index (χ4n) is 1.17. The number of hydrogen-bond donors (Lipinski definition) is 0. The first-order valence-corrected chi connectivity index (χ1v) is 4.37. The first-order chi connectivity index (χ1) is 7.36. The Morgan fingerprint density at radius 3 is 2.44 bits per heavy atom. The van der Waals surface area contributed by atoms with Gasteiger partial charge in [-0.1, -0.05) is 12.1 Å². The smallest absolute Gasteiger partial charge is 0.294 e. The molecule has 0 fully saturated rings. The maximum absolute atomic E-state index is 13.0. The first-order valence-electron chi connectivity index (χ1n) is 4.37. The predicted octanol–water partition coefficient (Wildman–Crippen LogP) is 3.60. The maximum Gasteiger partial charge on any atom is 0.419 e. The van der Waals surface area contributed by atoms with Crippen LogP contribution in [0.15, 0.2) is 30.9 Å². The van der Waals surface area contributed by atoms with E-state index in [1.54, 1.807) is 0 Å². The van der Waals surface area contributed by atoms with E-state index < -0.39 is 23.3 Å². The Balaban J connectivity index is 3.09. The molecule has 1 nitrogen and oxygen atoms in total. The van der Waals surface area contributed by atoms with Gasteiger partial charge in [0.1, 0.15) is 5.82 Å². The summed E-state index contributed by atoms with van der Waals surface area (Å²) in [5.74, 6) is -1.91. The van der Waals surface area contributed by atoms with E-state index in [0.29, 0.717) is 12.1 Å². The molecule has 1 aromatic rings. The van der Waals surface area contributed by atoms with Gasteiger partial charge in [0.05, 0.1) is 5.56 Å². The second-order valence-electron chi connectivity index (χ2n) is 3.11. The molecule has 86 valence electrons. The van der Waals surface area contributed by atoms with Gasteiger partial charge in [-0.25, -0.2) is 4.39 Å². The Bertz CT molecular complexity index is 420. The van der Waals surface area contributed by atoms with Gasteiger partial charge in [0.2, 0.25) is 0 Å². The van der Waals surface area contributed by atoms with Crippen molar-refractivity contribution in [3.8, 4) is 0 Å². The average Bonchev–Trinajstić information content (AvgIpc) is 2.16. The van der Waals surface area contributed by atoms with E-state index in [2.05, 4.69) is 6.58 Å². The molecular weight excluding hydrogens is 224 g/mol. The minimum atomic E-state index is -4.75. The molecule has 0 saturated carbocycles. The van der Waals surface area contributed by atoms with E-state index in [9.17, 15) is 22.4 Å². The lowest BCUT2D eigenvalue weighted by Gasteiger charge is -2.08. The van der Waals surface area contributed by atoms with Crippen LogP contribution in [0.3, 0.4) is 0 Å². The minimum absolute atomic E-state index is 0.0369. The summed E-state index contributed by atoms with van der Waals surface area (Å²) in [6.07, 6.45) is -3.48. The van der Waals surface area contributed by atoms with Crippen molar-refractivity contribution < 1.29 is 22.4 Å². The van der Waals surface area contributed by atoms with Crippen LogP contribution in [-0.2, 0) is 6.18 Å². The number of halogens is 4. The molecule has 5 heteroatoms. The highest BCUT2D eigenvalue weighted by Gasteiger charge is 2.34. The molecule has 0 aliphatic carbocycles. The van der Waals surface area contributed by atoms with Gasteiger partial charge in [-0.05, 0) is 12.1 Å². The van der Waals surface area contributed by atoms with E-state index in [-0.39, 0.29) is 12.0 Å². The van der Waals surface area contributed by atoms with Crippen LogP contribution in [0, 0.1) is 5.82 Å². The molecule has 0 radical (unpaired) electrons. The second-order valence-corrected chi connectivity index (χ2v) is 3.11. The van der Waals surface area contributed by atoms with Crippen molar-refractivity contribution >= 4 is 5.78 Å². The third-order valence-electron chi connectivity index (χ3n) is 1.93. The minimum Gasteiger partial charge on any atom is -0.294 e. The summed E-state index contributed by atoms with van der Waals surface area (Å²) in [6.45, 7) is 3.31. The number of benzene rings is 1. The number of carbonyl (C=O) groups excluding carboxylic acids is 1. The van der Waals surface area contributed by atoms with Crippen molar-refractivity contribution in [2.24, 2.45) is 0 Å². The highest BCUT2D eigenvalue weighted by atomic mass is 19.4. The molecule has 16 heavy (non-hydrogen) atoms. The fourth-order valence-corrected chi connectivity index (χ4v) is 1.17. The summed E-state index contributed by atoms with van der Waals surface area (Å²) in [5.41, 5.74) is -1.46. The van der Waals surface area contributed by atoms with Crippen molar-refractivity contribution in [2.45, 2.75) is 12.6 Å². The number of rotatable bonds is 3. The third kappa shape index (κ3) is 2.68. The topological polar surface area (TPSA) is 17.1 Å². The Labute approximate surface area is 89.4 Å². The molecule has 0 aliphatic rings. The number of Topliss-reactive ketones (excluding diaryl/α,β-unsaturated/α-hetero) is 1. The molecule has 0 N–H and O–H groups in total. The van der Waals surface area contributed by atoms with E-state index >= 15 is 0 Å². The van der Waals surface area contributed by atoms with Crippen LogP contribution in [0.5, 0.6) is 0 Å². The summed E-state index contributed by atoms with van der Waals surface area (Å²) in [7, 11) is 0. The standard InChI is InChI=1S/C11H8F4O/c1-2-3-10(16)7-4-5-8(9(12)6-7)11(13,14)15/h2,4-6H,1,3H2. The lowest BCUT2D eigenvalue weighted by atomic mass is 10.1. The number of carbonyl (C=O) groups is 1. The normalized spacial score (nSPS) is 11.2. The summed E-state index contributed by atoms with van der Waals surface area (Å²) in [4.78, 5) is 11.2. The van der Waals surface area contributed by atoms with Crippen LogP contribution in [0.2, 0.25) is 0 Å². The molecule has 0 amide bonds. The maximum atomic E-state index is 13.0. The summed E-state index contributed by atoms with van der Waals surface area (Å²) < 4.78 is 49.6. The Morgan fingerprint density at radius 2 is 2.00 bits per heavy atom. The number of allylic oxidation sites excluding steroid dienone is 1. The van der Waals surface area contributed by atoms with Gasteiger partial charge in [0, 0.05) is 12.0 Å². The quantitative estimate of drug-likeness (QED) is 0.442. The lowest BCUT2D eigenvalue weighted by molar-refractivity contribution is -0.140. The largest absolute Gasteiger partial charge is 0.419 e. The van der Waals surface area contributed by atoms with Crippen molar-refractivity contribution in [3.63, 3.8) is 0 Å². The molecule has 0 saturated heterocycles. The van der Waals surface area contributed by atoms with Crippen molar-refractivity contribution in [1.82, 2.24) is 0 Å². The van der Waals surface area contributed by atoms with Crippen LogP contribution >= 0.6 is 0 Å². The Kier molecular flexibility index (Phi) is 3.47. The van der Waals surface area contributed by atoms with Crippen LogP contribution in [0.25, 0.3) is 0 Å². The van der Waals surface area contributed by atoms with Crippen LogP contribution in [0.4, 0.5) is 17.6 Å². The van der Waals surface area contributed by atoms with E-state index in [1.807, 2.05) is 0 Å². The monoisotopic (exact) mass is 232 g/mol. The Hall–Kier alpha value is -1.65. The molecule has 0 bridgehead atoms. The Morgan fingerprint density at radius 1 is 1.38 bits per heavy atom. The summed E-state index contributed by atoms with van der Waals surface area (Å²) >= 11 is 0. The van der Waals surface area contributed by atoms with Crippen LogP contribution in [0.1, 0.15) is 22.3 Å². The summed E-state index contributed by atoms with van der Waals surface area (Å²) in [6, 6.07) is 2.11. The lowest BCUT2D eigenvalue weighted by Crippen LogP contribution is -2.09. The van der Waals surface area contributed by atoms with Crippen LogP contribution < -0.4 is 0 Å². The molecular formula is C11H8F4O. The molecule has 0 atom stereocenters. The van der Waals surface area contributed by atoms with Gasteiger partial charge in [-0.3, -0.25) is 4.79 Å². The number of alkyl halides is 3. The van der Waals surface area contributed by atoms with Gasteiger partial charge in [0.15, 0.2) is 5.78 Å². The molecule has 0 spiro atoms. The zero-order valence-corrected chi connectivity index (χ0v) is 8.14.